The third kappa shape index (κ3) is 2.86. The van der Waals surface area contributed by atoms with Gasteiger partial charge in [0.15, 0.2) is 9.84 Å². The van der Waals surface area contributed by atoms with Gasteiger partial charge in [-0.25, -0.2) is 8.42 Å². The van der Waals surface area contributed by atoms with E-state index in [9.17, 15) is 18.5 Å². The molecule has 1 aliphatic heterocycles. The van der Waals surface area contributed by atoms with Crippen LogP contribution < -0.4 is 0 Å². The van der Waals surface area contributed by atoms with E-state index in [1.807, 2.05) is 30.3 Å². The van der Waals surface area contributed by atoms with E-state index in [1.54, 1.807) is 17.8 Å². The van der Waals surface area contributed by atoms with Crippen molar-refractivity contribution in [1.82, 2.24) is 0 Å². The first-order valence-corrected chi connectivity index (χ1v) is 9.34. The van der Waals surface area contributed by atoms with Gasteiger partial charge in [-0.3, -0.25) is 10.1 Å². The molecule has 1 atom stereocenters. The van der Waals surface area contributed by atoms with Crippen molar-refractivity contribution in [3.8, 4) is 0 Å². The van der Waals surface area contributed by atoms with Gasteiger partial charge in [-0.2, -0.15) is 0 Å². The molecule has 0 saturated heterocycles. The summed E-state index contributed by atoms with van der Waals surface area (Å²) in [6.45, 7) is 0. The molecule has 0 saturated carbocycles. The van der Waals surface area contributed by atoms with Gasteiger partial charge in [-0.1, -0.05) is 30.3 Å². The van der Waals surface area contributed by atoms with Crippen LogP contribution in [-0.4, -0.2) is 19.1 Å². The summed E-state index contributed by atoms with van der Waals surface area (Å²) < 4.78 is 24.4. The first-order chi connectivity index (χ1) is 10.5. The Balaban J connectivity index is 1.87. The Morgan fingerprint density at radius 3 is 2.59 bits per heavy atom. The fraction of sp³-hybridized carbons (Fsp3) is 0.200. The molecule has 0 spiro atoms. The van der Waals surface area contributed by atoms with Crippen molar-refractivity contribution >= 4 is 27.3 Å². The molecular weight excluding hydrogens is 322 g/mol. The van der Waals surface area contributed by atoms with Crippen LogP contribution in [0.3, 0.4) is 0 Å². The van der Waals surface area contributed by atoms with Crippen LogP contribution in [0.4, 0.5) is 5.69 Å². The van der Waals surface area contributed by atoms with E-state index in [0.29, 0.717) is 11.3 Å². The lowest BCUT2D eigenvalue weighted by atomic mass is 10.1. The maximum Gasteiger partial charge on any atom is 0.270 e. The van der Waals surface area contributed by atoms with E-state index < -0.39 is 14.8 Å². The number of sulfone groups is 1. The molecule has 114 valence electrons. The van der Waals surface area contributed by atoms with Crippen molar-refractivity contribution < 1.29 is 13.3 Å². The maximum absolute atomic E-state index is 12.2. The topological polar surface area (TPSA) is 77.3 Å². The van der Waals surface area contributed by atoms with Crippen molar-refractivity contribution in [2.24, 2.45) is 0 Å². The summed E-state index contributed by atoms with van der Waals surface area (Å²) in [6, 6.07) is 13.9. The highest BCUT2D eigenvalue weighted by Gasteiger charge is 2.36. The minimum atomic E-state index is -3.44. The van der Waals surface area contributed by atoms with Crippen LogP contribution in [-0.2, 0) is 15.6 Å². The summed E-state index contributed by atoms with van der Waals surface area (Å²) >= 11 is 1.55. The Morgan fingerprint density at radius 2 is 1.91 bits per heavy atom. The molecule has 2 aromatic carbocycles. The van der Waals surface area contributed by atoms with Gasteiger partial charge in [0.2, 0.25) is 0 Å². The monoisotopic (exact) mass is 335 g/mol. The fourth-order valence-corrected chi connectivity index (χ4v) is 6.06. The number of rotatable bonds is 4. The Kier molecular flexibility index (Phi) is 3.92. The van der Waals surface area contributed by atoms with Gasteiger partial charge in [-0.05, 0) is 17.2 Å². The van der Waals surface area contributed by atoms with Crippen molar-refractivity contribution in [1.29, 1.82) is 0 Å². The lowest BCUT2D eigenvalue weighted by Gasteiger charge is -2.09. The van der Waals surface area contributed by atoms with Crippen molar-refractivity contribution in [2.75, 3.05) is 5.75 Å². The molecule has 0 aromatic heterocycles. The van der Waals surface area contributed by atoms with Crippen molar-refractivity contribution in [3.63, 3.8) is 0 Å². The van der Waals surface area contributed by atoms with E-state index in [2.05, 4.69) is 0 Å². The maximum atomic E-state index is 12.2. The van der Waals surface area contributed by atoms with Crippen LogP contribution in [0.25, 0.3) is 0 Å². The summed E-state index contributed by atoms with van der Waals surface area (Å²) in [5.41, 5.74) is 1.61. The zero-order chi connectivity index (χ0) is 15.7. The Labute approximate surface area is 132 Å². The summed E-state index contributed by atoms with van der Waals surface area (Å²) in [7, 11) is -3.44. The molecule has 1 unspecified atom stereocenters. The number of benzene rings is 2. The van der Waals surface area contributed by atoms with Gasteiger partial charge < -0.3 is 0 Å². The predicted octanol–water partition coefficient (Wildman–Crippen LogP) is 3.36. The molecular formula is C15H13NO4S2. The summed E-state index contributed by atoms with van der Waals surface area (Å²) in [6.07, 6.45) is 0. The van der Waals surface area contributed by atoms with Gasteiger partial charge in [0.1, 0.15) is 0 Å². The molecule has 0 aliphatic carbocycles. The summed E-state index contributed by atoms with van der Waals surface area (Å²) in [5, 5.41) is 10.6. The average Bonchev–Trinajstić information content (AvgIpc) is 2.77. The lowest BCUT2D eigenvalue weighted by Crippen LogP contribution is -2.01. The minimum Gasteiger partial charge on any atom is -0.258 e. The van der Waals surface area contributed by atoms with Crippen LogP contribution in [0.15, 0.2) is 53.4 Å². The van der Waals surface area contributed by atoms with E-state index in [1.165, 1.54) is 12.1 Å². The Morgan fingerprint density at radius 1 is 1.18 bits per heavy atom. The first-order valence-electron chi connectivity index (χ1n) is 6.64. The lowest BCUT2D eigenvalue weighted by molar-refractivity contribution is -0.385. The molecule has 2 aromatic rings. The van der Waals surface area contributed by atoms with Crippen LogP contribution in [0, 0.1) is 10.1 Å². The smallest absolute Gasteiger partial charge is 0.258 e. The molecule has 0 bridgehead atoms. The third-order valence-electron chi connectivity index (χ3n) is 3.55. The van der Waals surface area contributed by atoms with Crippen molar-refractivity contribution in [3.05, 3.63) is 69.8 Å². The van der Waals surface area contributed by atoms with E-state index in [0.717, 1.165) is 5.56 Å². The number of nitro benzene ring substituents is 1. The number of nitro groups is 1. The number of thioether (sulfide) groups is 1. The molecule has 22 heavy (non-hydrogen) atoms. The second-order valence-electron chi connectivity index (χ2n) is 5.05. The second-order valence-corrected chi connectivity index (χ2v) is 8.24. The zero-order valence-corrected chi connectivity index (χ0v) is 13.1. The molecule has 1 aliphatic rings. The summed E-state index contributed by atoms with van der Waals surface area (Å²) in [5.74, 6) is 0.707. The minimum absolute atomic E-state index is 0.000993. The van der Waals surface area contributed by atoms with E-state index in [4.69, 9.17) is 0 Å². The normalized spacial score (nSPS) is 18.8. The highest BCUT2D eigenvalue weighted by atomic mass is 32.2. The largest absolute Gasteiger partial charge is 0.270 e. The fourth-order valence-electron chi connectivity index (χ4n) is 2.46. The predicted molar refractivity (Wildman–Crippen MR) is 85.6 cm³/mol. The van der Waals surface area contributed by atoms with Crippen LogP contribution >= 0.6 is 11.8 Å². The number of hydrogen-bond acceptors (Lipinski definition) is 5. The first kappa shape index (κ1) is 15.1. The molecule has 0 radical (unpaired) electrons. The van der Waals surface area contributed by atoms with Crippen LogP contribution in [0.1, 0.15) is 16.4 Å². The molecule has 3 rings (SSSR count). The standard InChI is InChI=1S/C15H13NO4S2/c17-16(18)12-6-7-13-14(10-22(19,20)15(13)8-12)21-9-11-4-2-1-3-5-11/h1-8,14H,9-10H2. The number of hydrogen-bond donors (Lipinski definition) is 0. The molecule has 5 nitrogen and oxygen atoms in total. The SMILES string of the molecule is O=[N+]([O-])c1ccc2c(c1)S(=O)(=O)CC2SCc1ccccc1. The number of nitrogens with zero attached hydrogens (tertiary/aromatic N) is 1. The zero-order valence-electron chi connectivity index (χ0n) is 11.5. The van der Waals surface area contributed by atoms with Crippen LogP contribution in [0.5, 0.6) is 0 Å². The van der Waals surface area contributed by atoms with E-state index in [-0.39, 0.29) is 21.6 Å². The quantitative estimate of drug-likeness (QED) is 0.632. The van der Waals surface area contributed by atoms with Crippen molar-refractivity contribution in [2.45, 2.75) is 15.9 Å². The van der Waals surface area contributed by atoms with Gasteiger partial charge >= 0.3 is 0 Å². The summed E-state index contributed by atoms with van der Waals surface area (Å²) in [4.78, 5) is 10.3. The molecule has 0 fully saturated rings. The number of non-ortho nitro benzene ring substituents is 1. The molecule has 0 amide bonds. The highest BCUT2D eigenvalue weighted by molar-refractivity contribution is 8.00. The van der Waals surface area contributed by atoms with Gasteiger partial charge in [0.05, 0.1) is 15.6 Å². The second kappa shape index (κ2) is 5.73. The van der Waals surface area contributed by atoms with Gasteiger partial charge in [0, 0.05) is 23.1 Å². The Bertz CT molecular complexity index is 819. The van der Waals surface area contributed by atoms with Gasteiger partial charge in [-0.15, -0.1) is 11.8 Å². The van der Waals surface area contributed by atoms with Gasteiger partial charge in [0.25, 0.3) is 5.69 Å². The van der Waals surface area contributed by atoms with Crippen LogP contribution in [0.2, 0.25) is 0 Å². The highest BCUT2D eigenvalue weighted by Crippen LogP contribution is 2.44. The number of fused-ring (bicyclic) bond motifs is 1. The average molecular weight is 335 g/mol. The Hall–Kier alpha value is -1.86. The molecule has 7 heteroatoms. The molecule has 1 heterocycles. The van der Waals surface area contributed by atoms with E-state index >= 15 is 0 Å². The third-order valence-corrected chi connectivity index (χ3v) is 6.88. The molecule has 0 N–H and O–H groups in total.